The number of hydrogen-bond donors (Lipinski definition) is 1. The molecular formula is C18H15F3N2O3. The molecule has 1 N–H and O–H groups in total. The number of alkyl halides is 3. The predicted octanol–water partition coefficient (Wildman–Crippen LogP) is 3.64. The van der Waals surface area contributed by atoms with Gasteiger partial charge in [0.1, 0.15) is 11.8 Å². The zero-order valence-electron chi connectivity index (χ0n) is 13.7. The van der Waals surface area contributed by atoms with Crippen molar-refractivity contribution in [2.75, 3.05) is 10.2 Å². The van der Waals surface area contributed by atoms with Crippen LogP contribution in [0, 0.1) is 6.92 Å². The zero-order valence-corrected chi connectivity index (χ0v) is 13.7. The number of hydrogen-bond acceptors (Lipinski definition) is 4. The molecule has 136 valence electrons. The van der Waals surface area contributed by atoms with Crippen LogP contribution >= 0.6 is 0 Å². The minimum Gasteiger partial charge on any atom is -0.406 e. The molecule has 0 aromatic heterocycles. The van der Waals surface area contributed by atoms with Crippen molar-refractivity contribution in [1.29, 1.82) is 0 Å². The Morgan fingerprint density at radius 1 is 1.04 bits per heavy atom. The molecule has 0 aliphatic carbocycles. The lowest BCUT2D eigenvalue weighted by Crippen LogP contribution is -2.34. The van der Waals surface area contributed by atoms with Crippen molar-refractivity contribution < 1.29 is 27.5 Å². The second-order valence-corrected chi connectivity index (χ2v) is 5.88. The normalized spacial score (nSPS) is 17.5. The third kappa shape index (κ3) is 3.96. The largest absolute Gasteiger partial charge is 0.573 e. The van der Waals surface area contributed by atoms with Gasteiger partial charge in [-0.25, -0.2) is 4.90 Å². The lowest BCUT2D eigenvalue weighted by atomic mass is 10.2. The monoisotopic (exact) mass is 364 g/mol. The maximum absolute atomic E-state index is 12.5. The van der Waals surface area contributed by atoms with Gasteiger partial charge < -0.3 is 10.1 Å². The lowest BCUT2D eigenvalue weighted by molar-refractivity contribution is -0.274. The summed E-state index contributed by atoms with van der Waals surface area (Å²) >= 11 is 0. The van der Waals surface area contributed by atoms with Crippen molar-refractivity contribution in [3.63, 3.8) is 0 Å². The quantitative estimate of drug-likeness (QED) is 0.842. The second-order valence-electron chi connectivity index (χ2n) is 5.88. The molecule has 1 aliphatic heterocycles. The molecule has 26 heavy (non-hydrogen) atoms. The second kappa shape index (κ2) is 6.70. The molecule has 2 amide bonds. The summed E-state index contributed by atoms with van der Waals surface area (Å²) in [6.07, 6.45) is -4.80. The van der Waals surface area contributed by atoms with Crippen LogP contribution in [0.25, 0.3) is 0 Å². The van der Waals surface area contributed by atoms with E-state index in [-0.39, 0.29) is 18.1 Å². The molecule has 0 radical (unpaired) electrons. The first-order chi connectivity index (χ1) is 12.2. The van der Waals surface area contributed by atoms with Gasteiger partial charge in [-0.1, -0.05) is 17.7 Å². The Labute approximate surface area is 147 Å². The number of nitrogens with zero attached hydrogens (tertiary/aromatic N) is 1. The smallest absolute Gasteiger partial charge is 0.406 e. The number of anilines is 2. The molecule has 0 bridgehead atoms. The number of ether oxygens (including phenoxy) is 1. The highest BCUT2D eigenvalue weighted by Gasteiger charge is 2.39. The Balaban J connectivity index is 1.70. The van der Waals surface area contributed by atoms with Gasteiger partial charge in [-0.05, 0) is 43.3 Å². The molecular weight excluding hydrogens is 349 g/mol. The average molecular weight is 364 g/mol. The van der Waals surface area contributed by atoms with E-state index in [0.29, 0.717) is 11.4 Å². The van der Waals surface area contributed by atoms with Gasteiger partial charge in [0, 0.05) is 5.69 Å². The van der Waals surface area contributed by atoms with Crippen molar-refractivity contribution in [2.45, 2.75) is 25.7 Å². The van der Waals surface area contributed by atoms with E-state index in [2.05, 4.69) is 10.1 Å². The van der Waals surface area contributed by atoms with E-state index in [1.54, 1.807) is 24.3 Å². The molecule has 1 heterocycles. The van der Waals surface area contributed by atoms with Crippen molar-refractivity contribution in [2.24, 2.45) is 0 Å². The molecule has 0 spiro atoms. The number of carbonyl (C=O) groups is 2. The third-order valence-electron chi connectivity index (χ3n) is 3.87. The lowest BCUT2D eigenvalue weighted by Gasteiger charge is -2.16. The first kappa shape index (κ1) is 17.8. The highest BCUT2D eigenvalue weighted by Crippen LogP contribution is 2.27. The minimum absolute atomic E-state index is 0.0342. The molecule has 1 aliphatic rings. The van der Waals surface area contributed by atoms with Crippen LogP contribution in [-0.2, 0) is 9.59 Å². The number of nitrogens with one attached hydrogen (secondary N) is 1. The average Bonchev–Trinajstić information content (AvgIpc) is 2.83. The van der Waals surface area contributed by atoms with Crippen molar-refractivity contribution >= 4 is 23.2 Å². The molecule has 2 aromatic rings. The molecule has 3 rings (SSSR count). The Hall–Kier alpha value is -3.03. The zero-order chi connectivity index (χ0) is 18.9. The number of halogens is 3. The summed E-state index contributed by atoms with van der Waals surface area (Å²) in [6.45, 7) is 1.90. The van der Waals surface area contributed by atoms with E-state index in [1.807, 2.05) is 6.92 Å². The summed E-state index contributed by atoms with van der Waals surface area (Å²) in [5.41, 5.74) is 1.91. The van der Waals surface area contributed by atoms with Crippen molar-refractivity contribution in [3.8, 4) is 5.75 Å². The summed E-state index contributed by atoms with van der Waals surface area (Å²) in [6, 6.07) is 11.2. The minimum atomic E-state index is -4.77. The van der Waals surface area contributed by atoms with Crippen LogP contribution in [0.3, 0.4) is 0 Å². The van der Waals surface area contributed by atoms with E-state index in [9.17, 15) is 22.8 Å². The van der Waals surface area contributed by atoms with E-state index in [1.165, 1.54) is 12.1 Å². The van der Waals surface area contributed by atoms with Crippen molar-refractivity contribution in [1.82, 2.24) is 0 Å². The number of benzene rings is 2. The topological polar surface area (TPSA) is 58.6 Å². The molecule has 0 saturated carbocycles. The third-order valence-corrected chi connectivity index (χ3v) is 3.87. The van der Waals surface area contributed by atoms with Gasteiger partial charge in [0.25, 0.3) is 5.91 Å². The summed E-state index contributed by atoms with van der Waals surface area (Å²) in [5, 5.41) is 2.87. The molecule has 1 fully saturated rings. The molecule has 1 saturated heterocycles. The highest BCUT2D eigenvalue weighted by atomic mass is 19.4. The van der Waals surface area contributed by atoms with E-state index in [0.717, 1.165) is 22.6 Å². The first-order valence-electron chi connectivity index (χ1n) is 7.79. The van der Waals surface area contributed by atoms with E-state index in [4.69, 9.17) is 0 Å². The maximum Gasteiger partial charge on any atom is 0.573 e. The van der Waals surface area contributed by atoms with Gasteiger partial charge in [-0.3, -0.25) is 9.59 Å². The molecule has 0 unspecified atom stereocenters. The fourth-order valence-electron chi connectivity index (χ4n) is 2.66. The van der Waals surface area contributed by atoms with Gasteiger partial charge >= 0.3 is 6.36 Å². The number of aryl methyl sites for hydroxylation is 1. The van der Waals surface area contributed by atoms with Crippen LogP contribution in [0.4, 0.5) is 24.5 Å². The Morgan fingerprint density at radius 2 is 1.65 bits per heavy atom. The Bertz CT molecular complexity index is 817. The van der Waals surface area contributed by atoms with Crippen LogP contribution in [-0.4, -0.2) is 24.2 Å². The molecule has 8 heteroatoms. The standard InChI is InChI=1S/C18H15F3N2O3/c1-11-2-6-13(7-3-11)23-16(24)10-15(17(23)25)22-12-4-8-14(9-5-12)26-18(19,20)21/h2-9,15,22H,10H2,1H3/t15-/m0/s1. The Kier molecular flexibility index (Phi) is 4.58. The van der Waals surface area contributed by atoms with Gasteiger partial charge in [0.2, 0.25) is 5.91 Å². The van der Waals surface area contributed by atoms with E-state index < -0.39 is 18.3 Å². The fourth-order valence-corrected chi connectivity index (χ4v) is 2.66. The summed E-state index contributed by atoms with van der Waals surface area (Å²) in [4.78, 5) is 25.8. The SMILES string of the molecule is Cc1ccc(N2C(=O)C[C@H](Nc3ccc(OC(F)(F)F)cc3)C2=O)cc1. The number of rotatable bonds is 4. The summed E-state index contributed by atoms with van der Waals surface area (Å²) in [5.74, 6) is -1.11. The van der Waals surface area contributed by atoms with Crippen molar-refractivity contribution in [3.05, 3.63) is 54.1 Å². The molecule has 1 atom stereocenters. The van der Waals surface area contributed by atoms with Crippen LogP contribution in [0.15, 0.2) is 48.5 Å². The predicted molar refractivity (Wildman–Crippen MR) is 88.8 cm³/mol. The van der Waals surface area contributed by atoms with Gasteiger partial charge in [-0.15, -0.1) is 13.2 Å². The van der Waals surface area contributed by atoms with Gasteiger partial charge in [0.15, 0.2) is 0 Å². The highest BCUT2D eigenvalue weighted by molar-refractivity contribution is 6.23. The van der Waals surface area contributed by atoms with Crippen LogP contribution in [0.2, 0.25) is 0 Å². The molecule has 2 aromatic carbocycles. The van der Waals surface area contributed by atoms with Gasteiger partial charge in [-0.2, -0.15) is 0 Å². The first-order valence-corrected chi connectivity index (χ1v) is 7.79. The van der Waals surface area contributed by atoms with Gasteiger partial charge in [0.05, 0.1) is 12.1 Å². The van der Waals surface area contributed by atoms with Crippen LogP contribution < -0.4 is 15.0 Å². The van der Waals surface area contributed by atoms with Crippen LogP contribution in [0.5, 0.6) is 5.75 Å². The van der Waals surface area contributed by atoms with Crippen LogP contribution in [0.1, 0.15) is 12.0 Å². The number of imide groups is 1. The Morgan fingerprint density at radius 3 is 2.23 bits per heavy atom. The summed E-state index contributed by atoms with van der Waals surface area (Å²) < 4.78 is 40.3. The maximum atomic E-state index is 12.5. The number of amides is 2. The fraction of sp³-hybridized carbons (Fsp3) is 0.222. The summed E-state index contributed by atoms with van der Waals surface area (Å²) in [7, 11) is 0. The van der Waals surface area contributed by atoms with E-state index >= 15 is 0 Å². The molecule has 5 nitrogen and oxygen atoms in total. The number of carbonyl (C=O) groups excluding carboxylic acids is 2.